The molecule has 2 aliphatic rings. The summed E-state index contributed by atoms with van der Waals surface area (Å²) in [6, 6.07) is 7.52. The lowest BCUT2D eigenvalue weighted by Gasteiger charge is -2.34. The van der Waals surface area contributed by atoms with Crippen molar-refractivity contribution in [1.82, 2.24) is 20.0 Å². The zero-order valence-electron chi connectivity index (χ0n) is 18.9. The van der Waals surface area contributed by atoms with Crippen molar-refractivity contribution in [3.63, 3.8) is 0 Å². The van der Waals surface area contributed by atoms with Crippen molar-refractivity contribution < 1.29 is 14.0 Å². The van der Waals surface area contributed by atoms with E-state index in [0.29, 0.717) is 55.9 Å². The fraction of sp³-hybridized carbons (Fsp3) is 0.391. The molecule has 3 heterocycles. The van der Waals surface area contributed by atoms with Crippen LogP contribution < -0.4 is 16.5 Å². The van der Waals surface area contributed by atoms with Crippen LogP contribution in [0, 0.1) is 23.1 Å². The SMILES string of the molecule is CN(N)/C(=C\N)c1cc(N2CCC(C(=O)N3OCCC3c3cc(F)cc(C#N)c3)CC2)ncn1. The number of halogens is 1. The molecule has 4 N–H and O–H groups in total. The van der Waals surface area contributed by atoms with Crippen LogP contribution >= 0.6 is 0 Å². The summed E-state index contributed by atoms with van der Waals surface area (Å²) < 4.78 is 14.0. The van der Waals surface area contributed by atoms with Gasteiger partial charge < -0.3 is 15.6 Å². The van der Waals surface area contributed by atoms with E-state index in [1.54, 1.807) is 13.1 Å². The van der Waals surface area contributed by atoms with Gasteiger partial charge in [0.05, 0.1) is 35.7 Å². The Morgan fingerprint density at radius 3 is 2.71 bits per heavy atom. The average molecular weight is 467 g/mol. The van der Waals surface area contributed by atoms with Crippen molar-refractivity contribution in [2.75, 3.05) is 31.6 Å². The zero-order chi connectivity index (χ0) is 24.2. The summed E-state index contributed by atoms with van der Waals surface area (Å²) in [4.78, 5) is 29.6. The van der Waals surface area contributed by atoms with Crippen molar-refractivity contribution in [1.29, 1.82) is 5.26 Å². The number of amides is 1. The Kier molecular flexibility index (Phi) is 6.90. The average Bonchev–Trinajstić information content (AvgIpc) is 3.34. The summed E-state index contributed by atoms with van der Waals surface area (Å²) in [5.41, 5.74) is 7.65. The summed E-state index contributed by atoms with van der Waals surface area (Å²) in [7, 11) is 1.68. The van der Waals surface area contributed by atoms with Crippen molar-refractivity contribution >= 4 is 17.4 Å². The molecule has 2 fully saturated rings. The number of nitrogens with zero attached hydrogens (tertiary/aromatic N) is 6. The number of anilines is 1. The van der Waals surface area contributed by atoms with Crippen LogP contribution in [0.2, 0.25) is 0 Å². The molecule has 1 atom stereocenters. The van der Waals surface area contributed by atoms with Gasteiger partial charge in [-0.1, -0.05) is 0 Å². The largest absolute Gasteiger partial charge is 0.403 e. The highest BCUT2D eigenvalue weighted by Gasteiger charge is 2.37. The number of hydrazine groups is 1. The molecule has 1 amide bonds. The van der Waals surface area contributed by atoms with Crippen LogP contribution in [0.1, 0.15) is 42.1 Å². The molecule has 34 heavy (non-hydrogen) atoms. The molecule has 10 nitrogen and oxygen atoms in total. The maximum Gasteiger partial charge on any atom is 0.249 e. The monoisotopic (exact) mass is 466 g/mol. The lowest BCUT2D eigenvalue weighted by atomic mass is 9.94. The van der Waals surface area contributed by atoms with E-state index in [4.69, 9.17) is 21.7 Å². The Hall–Kier alpha value is -3.75. The van der Waals surface area contributed by atoms with Crippen LogP contribution in [0.5, 0.6) is 0 Å². The van der Waals surface area contributed by atoms with Gasteiger partial charge in [-0.15, -0.1) is 0 Å². The van der Waals surface area contributed by atoms with Crippen LogP contribution in [0.25, 0.3) is 5.70 Å². The number of carbonyl (C=O) groups excluding carboxylic acids is 1. The standard InChI is InChI=1S/C23H27FN8O2/c1-30(27)21(13-26)19-11-22(29-14-28-19)31-5-2-16(3-6-31)23(33)32-20(4-7-34-32)17-8-15(12-25)9-18(24)10-17/h8-11,13-14,16,20H,2-7,26-27H2,1H3/b21-13-. The number of carbonyl (C=O) groups is 1. The Morgan fingerprint density at radius 2 is 2.03 bits per heavy atom. The molecular formula is C23H27FN8O2. The maximum atomic E-state index is 14.0. The van der Waals surface area contributed by atoms with E-state index in [9.17, 15) is 9.18 Å². The maximum absolute atomic E-state index is 14.0. The van der Waals surface area contributed by atoms with Crippen molar-refractivity contribution in [2.24, 2.45) is 17.5 Å². The summed E-state index contributed by atoms with van der Waals surface area (Å²) in [5, 5.41) is 11.9. The van der Waals surface area contributed by atoms with Crippen molar-refractivity contribution in [3.8, 4) is 6.07 Å². The van der Waals surface area contributed by atoms with Gasteiger partial charge in [0.2, 0.25) is 5.91 Å². The Balaban J connectivity index is 1.43. The zero-order valence-corrected chi connectivity index (χ0v) is 18.9. The lowest BCUT2D eigenvalue weighted by molar-refractivity contribution is -0.182. The van der Waals surface area contributed by atoms with Gasteiger partial charge in [-0.2, -0.15) is 5.26 Å². The topological polar surface area (TPSA) is 138 Å². The molecule has 0 saturated carbocycles. The third kappa shape index (κ3) is 4.78. The third-order valence-corrected chi connectivity index (χ3v) is 6.18. The third-order valence-electron chi connectivity index (χ3n) is 6.18. The van der Waals surface area contributed by atoms with E-state index in [1.165, 1.54) is 34.7 Å². The first-order valence-electron chi connectivity index (χ1n) is 11.1. The van der Waals surface area contributed by atoms with Crippen LogP contribution in [0.3, 0.4) is 0 Å². The minimum Gasteiger partial charge on any atom is -0.403 e. The van der Waals surface area contributed by atoms with E-state index in [2.05, 4.69) is 14.9 Å². The summed E-state index contributed by atoms with van der Waals surface area (Å²) in [6.45, 7) is 1.62. The van der Waals surface area contributed by atoms with E-state index < -0.39 is 11.9 Å². The Labute approximate surface area is 197 Å². The molecular weight excluding hydrogens is 439 g/mol. The molecule has 4 rings (SSSR count). The molecule has 0 bridgehead atoms. The van der Waals surface area contributed by atoms with Gasteiger partial charge in [0.25, 0.3) is 0 Å². The molecule has 2 saturated heterocycles. The van der Waals surface area contributed by atoms with Gasteiger partial charge >= 0.3 is 0 Å². The van der Waals surface area contributed by atoms with Crippen LogP contribution in [-0.2, 0) is 9.63 Å². The number of hydroxylamine groups is 2. The second-order valence-electron chi connectivity index (χ2n) is 8.37. The molecule has 0 spiro atoms. The van der Waals surface area contributed by atoms with E-state index in [0.717, 1.165) is 5.82 Å². The molecule has 178 valence electrons. The first kappa shape index (κ1) is 23.4. The number of hydrogen-bond acceptors (Lipinski definition) is 9. The lowest BCUT2D eigenvalue weighted by Crippen LogP contribution is -2.42. The van der Waals surface area contributed by atoms with E-state index in [-0.39, 0.29) is 17.4 Å². The predicted molar refractivity (Wildman–Crippen MR) is 122 cm³/mol. The normalized spacial score (nSPS) is 19.2. The Bertz CT molecular complexity index is 1120. The van der Waals surface area contributed by atoms with Gasteiger partial charge in [-0.3, -0.25) is 9.63 Å². The second-order valence-corrected chi connectivity index (χ2v) is 8.37. The molecule has 2 aliphatic heterocycles. The highest BCUT2D eigenvalue weighted by Crippen LogP contribution is 2.34. The molecule has 1 unspecified atom stereocenters. The highest BCUT2D eigenvalue weighted by atomic mass is 19.1. The number of rotatable bonds is 5. The highest BCUT2D eigenvalue weighted by molar-refractivity contribution is 5.79. The van der Waals surface area contributed by atoms with Crippen molar-refractivity contribution in [2.45, 2.75) is 25.3 Å². The molecule has 1 aromatic heterocycles. The number of hydrogen-bond donors (Lipinski definition) is 2. The predicted octanol–water partition coefficient (Wildman–Crippen LogP) is 1.67. The van der Waals surface area contributed by atoms with E-state index in [1.807, 2.05) is 12.1 Å². The smallest absolute Gasteiger partial charge is 0.249 e. The van der Waals surface area contributed by atoms with Gasteiger partial charge in [-0.05, 0) is 36.6 Å². The summed E-state index contributed by atoms with van der Waals surface area (Å²) >= 11 is 0. The minimum atomic E-state index is -0.501. The molecule has 0 aliphatic carbocycles. The fourth-order valence-corrected chi connectivity index (χ4v) is 4.44. The summed E-state index contributed by atoms with van der Waals surface area (Å²) in [5.74, 6) is 5.70. The first-order chi connectivity index (χ1) is 16.4. The van der Waals surface area contributed by atoms with Gasteiger partial charge in [0.15, 0.2) is 0 Å². The number of benzene rings is 1. The first-order valence-corrected chi connectivity index (χ1v) is 11.1. The fourth-order valence-electron chi connectivity index (χ4n) is 4.44. The van der Waals surface area contributed by atoms with Crippen LogP contribution in [-0.4, -0.2) is 52.7 Å². The number of nitriles is 1. The Morgan fingerprint density at radius 1 is 1.26 bits per heavy atom. The molecule has 11 heteroatoms. The quantitative estimate of drug-likeness (QED) is 0.498. The van der Waals surface area contributed by atoms with Crippen LogP contribution in [0.4, 0.5) is 10.2 Å². The molecule has 0 radical (unpaired) electrons. The van der Waals surface area contributed by atoms with Crippen molar-refractivity contribution in [3.05, 3.63) is 59.4 Å². The van der Waals surface area contributed by atoms with Gasteiger partial charge in [0.1, 0.15) is 18.0 Å². The molecule has 2 aromatic rings. The number of aromatic nitrogens is 2. The summed E-state index contributed by atoms with van der Waals surface area (Å²) in [6.07, 6.45) is 4.64. The second kappa shape index (κ2) is 10.0. The minimum absolute atomic E-state index is 0.119. The van der Waals surface area contributed by atoms with Gasteiger partial charge in [-0.25, -0.2) is 25.3 Å². The number of piperidine rings is 1. The van der Waals surface area contributed by atoms with Crippen LogP contribution in [0.15, 0.2) is 36.8 Å². The molecule has 1 aromatic carbocycles. The number of nitrogens with two attached hydrogens (primary N) is 2. The van der Waals surface area contributed by atoms with E-state index >= 15 is 0 Å². The van der Waals surface area contributed by atoms with Gasteiger partial charge in [0, 0.05) is 44.7 Å².